The number of ether oxygens (including phenoxy) is 2. The quantitative estimate of drug-likeness (QED) is 0.333. The lowest BCUT2D eigenvalue weighted by atomic mass is 9.97. The minimum atomic E-state index is -0.788. The van der Waals surface area contributed by atoms with Gasteiger partial charge in [0.1, 0.15) is 13.2 Å². The summed E-state index contributed by atoms with van der Waals surface area (Å²) in [4.78, 5) is 28.3. The molecule has 0 aliphatic carbocycles. The summed E-state index contributed by atoms with van der Waals surface area (Å²) < 4.78 is 27.0. The number of benzene rings is 3. The maximum atomic E-state index is 15.3. The van der Waals surface area contributed by atoms with Crippen LogP contribution in [0, 0.1) is 5.82 Å². The number of amides is 1. The molecule has 2 atom stereocenters. The van der Waals surface area contributed by atoms with Crippen molar-refractivity contribution in [2.45, 2.75) is 57.0 Å². The smallest absolute Gasteiger partial charge is 0.292 e. The molecule has 0 radical (unpaired) electrons. The number of ketones is 1. The predicted molar refractivity (Wildman–Crippen MR) is 138 cm³/mol. The van der Waals surface area contributed by atoms with Crippen LogP contribution in [0.1, 0.15) is 47.2 Å². The van der Waals surface area contributed by atoms with Gasteiger partial charge in [0.2, 0.25) is 5.78 Å². The van der Waals surface area contributed by atoms with Gasteiger partial charge in [-0.25, -0.2) is 4.39 Å². The standard InChI is InChI=1S/C30H31FN2O4/c1-33-24-12-13-25(33)17-23(16-24)32-30(35)28(34)22-14-26(31)29(37-19-21-10-6-3-7-11-21)27(15-22)36-18-20-8-4-2-5-9-20/h2-11,14-15,23-25H,12-13,16-19H2,1H3,(H,32,35). The number of carbonyl (C=O) groups excluding carboxylic acids is 2. The van der Waals surface area contributed by atoms with Gasteiger partial charge in [0.15, 0.2) is 17.3 Å². The van der Waals surface area contributed by atoms with Crippen LogP contribution in [0.25, 0.3) is 0 Å². The predicted octanol–water partition coefficient (Wildman–Crippen LogP) is 4.91. The van der Waals surface area contributed by atoms with Crippen LogP contribution in [0.5, 0.6) is 11.5 Å². The SMILES string of the molecule is CN1C2CCC1CC(NC(=O)C(=O)c1cc(F)c(OCc3ccccc3)c(OCc3ccccc3)c1)C2. The Balaban J connectivity index is 1.33. The van der Waals surface area contributed by atoms with Crippen molar-refractivity contribution in [2.24, 2.45) is 0 Å². The van der Waals surface area contributed by atoms with Gasteiger partial charge in [0.05, 0.1) is 0 Å². The molecule has 2 saturated heterocycles. The van der Waals surface area contributed by atoms with E-state index in [2.05, 4.69) is 17.3 Å². The number of carbonyl (C=O) groups is 2. The Morgan fingerprint density at radius 2 is 1.46 bits per heavy atom. The lowest BCUT2D eigenvalue weighted by molar-refractivity contribution is -0.118. The van der Waals surface area contributed by atoms with Crippen LogP contribution in [0.2, 0.25) is 0 Å². The van der Waals surface area contributed by atoms with Gasteiger partial charge in [-0.3, -0.25) is 9.59 Å². The Morgan fingerprint density at radius 1 is 0.892 bits per heavy atom. The van der Waals surface area contributed by atoms with E-state index in [9.17, 15) is 9.59 Å². The first-order valence-electron chi connectivity index (χ1n) is 12.7. The maximum Gasteiger partial charge on any atom is 0.292 e. The van der Waals surface area contributed by atoms with E-state index < -0.39 is 17.5 Å². The van der Waals surface area contributed by atoms with Crippen LogP contribution < -0.4 is 14.8 Å². The normalized spacial score (nSPS) is 20.9. The highest BCUT2D eigenvalue weighted by molar-refractivity contribution is 6.43. The number of Topliss-reactive ketones (excluding diaryl/α,β-unsaturated/α-hetero) is 1. The van der Waals surface area contributed by atoms with Crippen molar-refractivity contribution in [2.75, 3.05) is 7.05 Å². The van der Waals surface area contributed by atoms with Crippen LogP contribution in [-0.2, 0) is 18.0 Å². The van der Waals surface area contributed by atoms with Gasteiger partial charge in [-0.15, -0.1) is 0 Å². The molecule has 0 saturated carbocycles. The number of hydrogen-bond donors (Lipinski definition) is 1. The first kappa shape index (κ1) is 25.0. The van der Waals surface area contributed by atoms with E-state index in [0.29, 0.717) is 12.1 Å². The molecule has 37 heavy (non-hydrogen) atoms. The largest absolute Gasteiger partial charge is 0.485 e. The molecule has 1 N–H and O–H groups in total. The zero-order chi connectivity index (χ0) is 25.8. The van der Waals surface area contributed by atoms with Crippen molar-refractivity contribution >= 4 is 11.7 Å². The summed E-state index contributed by atoms with van der Waals surface area (Å²) in [6.07, 6.45) is 3.86. The highest BCUT2D eigenvalue weighted by Crippen LogP contribution is 2.35. The Morgan fingerprint density at radius 3 is 2.05 bits per heavy atom. The summed E-state index contributed by atoms with van der Waals surface area (Å²) in [5.41, 5.74) is 1.67. The minimum absolute atomic E-state index is 0.0581. The van der Waals surface area contributed by atoms with Crippen LogP contribution >= 0.6 is 0 Å². The zero-order valence-electron chi connectivity index (χ0n) is 20.9. The van der Waals surface area contributed by atoms with Crippen LogP contribution in [0.3, 0.4) is 0 Å². The van der Waals surface area contributed by atoms with Crippen molar-refractivity contribution in [3.05, 3.63) is 95.3 Å². The number of rotatable bonds is 9. The molecule has 5 rings (SSSR count). The third kappa shape index (κ3) is 5.83. The average molecular weight is 503 g/mol. The third-order valence-electron chi connectivity index (χ3n) is 7.37. The average Bonchev–Trinajstić information content (AvgIpc) is 3.11. The molecular formula is C30H31FN2O4. The van der Waals surface area contributed by atoms with E-state index in [1.165, 1.54) is 6.07 Å². The molecule has 0 spiro atoms. The summed E-state index contributed by atoms with van der Waals surface area (Å²) in [6.45, 7) is 0.288. The molecule has 0 aromatic heterocycles. The van der Waals surface area contributed by atoms with Gasteiger partial charge in [-0.05, 0) is 56.0 Å². The fourth-order valence-corrected chi connectivity index (χ4v) is 5.32. The maximum absolute atomic E-state index is 15.3. The van der Waals surface area contributed by atoms with Crippen molar-refractivity contribution in [3.8, 4) is 11.5 Å². The van der Waals surface area contributed by atoms with E-state index in [4.69, 9.17) is 9.47 Å². The third-order valence-corrected chi connectivity index (χ3v) is 7.37. The number of piperidine rings is 1. The molecule has 3 aromatic carbocycles. The topological polar surface area (TPSA) is 67.9 Å². The first-order valence-corrected chi connectivity index (χ1v) is 12.7. The Kier molecular flexibility index (Phi) is 7.51. The summed E-state index contributed by atoms with van der Waals surface area (Å²) in [5.74, 6) is -2.28. The monoisotopic (exact) mass is 502 g/mol. The molecule has 2 unspecified atom stereocenters. The second-order valence-electron chi connectivity index (χ2n) is 9.86. The number of halogens is 1. The summed E-state index contributed by atoms with van der Waals surface area (Å²) >= 11 is 0. The first-order chi connectivity index (χ1) is 18.0. The Hall–Kier alpha value is -3.71. The number of fused-ring (bicyclic) bond motifs is 2. The van der Waals surface area contributed by atoms with Crippen LogP contribution in [0.4, 0.5) is 4.39 Å². The minimum Gasteiger partial charge on any atom is -0.485 e. The van der Waals surface area contributed by atoms with Crippen molar-refractivity contribution in [1.82, 2.24) is 10.2 Å². The Labute approximate surface area is 216 Å². The van der Waals surface area contributed by atoms with Gasteiger partial charge in [-0.2, -0.15) is 0 Å². The Bertz CT molecular complexity index is 1240. The molecule has 2 aliphatic rings. The van der Waals surface area contributed by atoms with Crippen LogP contribution in [0.15, 0.2) is 72.8 Å². The second kappa shape index (κ2) is 11.1. The molecular weight excluding hydrogens is 471 g/mol. The molecule has 7 heteroatoms. The van der Waals surface area contributed by atoms with Gasteiger partial charge < -0.3 is 19.7 Å². The molecule has 2 bridgehead atoms. The van der Waals surface area contributed by atoms with Gasteiger partial charge in [0, 0.05) is 23.7 Å². The van der Waals surface area contributed by atoms with Gasteiger partial charge >= 0.3 is 0 Å². The second-order valence-corrected chi connectivity index (χ2v) is 9.86. The number of nitrogens with zero attached hydrogens (tertiary/aromatic N) is 1. The lowest BCUT2D eigenvalue weighted by Gasteiger charge is -2.36. The molecule has 2 aliphatic heterocycles. The number of nitrogens with one attached hydrogen (secondary N) is 1. The molecule has 192 valence electrons. The molecule has 2 fully saturated rings. The highest BCUT2D eigenvalue weighted by atomic mass is 19.1. The van der Waals surface area contributed by atoms with Gasteiger partial charge in [-0.1, -0.05) is 60.7 Å². The molecule has 2 heterocycles. The summed E-state index contributed by atoms with van der Waals surface area (Å²) in [6, 6.07) is 22.1. The lowest BCUT2D eigenvalue weighted by Crippen LogP contribution is -2.50. The van der Waals surface area contributed by atoms with E-state index in [1.807, 2.05) is 60.7 Å². The fourth-order valence-electron chi connectivity index (χ4n) is 5.32. The summed E-state index contributed by atoms with van der Waals surface area (Å²) in [5, 5.41) is 2.89. The molecule has 6 nitrogen and oxygen atoms in total. The van der Waals surface area contributed by atoms with Crippen molar-refractivity contribution in [1.29, 1.82) is 0 Å². The van der Waals surface area contributed by atoms with Crippen molar-refractivity contribution in [3.63, 3.8) is 0 Å². The van der Waals surface area contributed by atoms with E-state index >= 15 is 4.39 Å². The van der Waals surface area contributed by atoms with Crippen LogP contribution in [-0.4, -0.2) is 41.8 Å². The summed E-state index contributed by atoms with van der Waals surface area (Å²) in [7, 11) is 2.12. The van der Waals surface area contributed by atoms with Gasteiger partial charge in [0.25, 0.3) is 5.91 Å². The van der Waals surface area contributed by atoms with E-state index in [1.54, 1.807) is 0 Å². The van der Waals surface area contributed by atoms with E-state index in [0.717, 1.165) is 42.9 Å². The zero-order valence-corrected chi connectivity index (χ0v) is 20.9. The van der Waals surface area contributed by atoms with E-state index in [-0.39, 0.29) is 36.3 Å². The van der Waals surface area contributed by atoms with Crippen molar-refractivity contribution < 1.29 is 23.5 Å². The highest BCUT2D eigenvalue weighted by Gasteiger charge is 2.39. The molecule has 1 amide bonds. The fraction of sp³-hybridized carbons (Fsp3) is 0.333. The molecule has 3 aromatic rings. The number of hydrogen-bond acceptors (Lipinski definition) is 5.